The molecule has 0 unspecified atom stereocenters. The zero-order valence-corrected chi connectivity index (χ0v) is 20.9. The van der Waals surface area contributed by atoms with Crippen LogP contribution in [0, 0.1) is 19.3 Å². The summed E-state index contributed by atoms with van der Waals surface area (Å²) >= 11 is 13.7. The molecule has 0 aliphatic carbocycles. The van der Waals surface area contributed by atoms with E-state index in [-0.39, 0.29) is 22.7 Å². The van der Waals surface area contributed by atoms with Gasteiger partial charge in [-0.15, -0.1) is 6.42 Å². The Labute approximate surface area is 210 Å². The summed E-state index contributed by atoms with van der Waals surface area (Å²) in [7, 11) is -3.91. The van der Waals surface area contributed by atoms with E-state index in [0.29, 0.717) is 25.1 Å². The number of terminal acetylenes is 1. The Morgan fingerprint density at radius 2 is 1.85 bits per heavy atom. The fraction of sp³-hybridized carbons (Fsp3) is 0.0833. The van der Waals surface area contributed by atoms with Crippen molar-refractivity contribution in [1.82, 2.24) is 4.57 Å². The van der Waals surface area contributed by atoms with Gasteiger partial charge in [-0.2, -0.15) is 4.99 Å². The van der Waals surface area contributed by atoms with E-state index in [4.69, 9.17) is 29.6 Å². The average Bonchev–Trinajstić information content (AvgIpc) is 3.11. The van der Waals surface area contributed by atoms with E-state index in [9.17, 15) is 13.2 Å². The summed E-state index contributed by atoms with van der Waals surface area (Å²) in [4.78, 5) is 17.8. The van der Waals surface area contributed by atoms with Crippen LogP contribution in [0.4, 0.5) is 5.69 Å². The molecule has 6 nitrogen and oxygen atoms in total. The van der Waals surface area contributed by atoms with Crippen LogP contribution in [0.2, 0.25) is 10.0 Å². The number of carbonyl (C=O) groups is 1. The van der Waals surface area contributed by atoms with E-state index < -0.39 is 15.9 Å². The van der Waals surface area contributed by atoms with Crippen LogP contribution in [-0.4, -0.2) is 18.9 Å². The Bertz CT molecular complexity index is 1630. The number of nitrogens with zero attached hydrogens (tertiary/aromatic N) is 2. The van der Waals surface area contributed by atoms with Crippen molar-refractivity contribution in [3.8, 4) is 12.3 Å². The van der Waals surface area contributed by atoms with Crippen molar-refractivity contribution in [1.29, 1.82) is 0 Å². The van der Waals surface area contributed by atoms with E-state index >= 15 is 0 Å². The molecule has 0 saturated carbocycles. The predicted octanol–water partition coefficient (Wildman–Crippen LogP) is 5.49. The van der Waals surface area contributed by atoms with Gasteiger partial charge in [-0.3, -0.25) is 9.52 Å². The lowest BCUT2D eigenvalue weighted by Gasteiger charge is -2.11. The second kappa shape index (κ2) is 9.65. The van der Waals surface area contributed by atoms with Gasteiger partial charge in [0.15, 0.2) is 4.80 Å². The monoisotopic (exact) mass is 529 g/mol. The fourth-order valence-corrected chi connectivity index (χ4v) is 6.17. The first kappa shape index (κ1) is 24.0. The molecule has 0 aliphatic heterocycles. The first-order chi connectivity index (χ1) is 16.2. The minimum Gasteiger partial charge on any atom is -0.303 e. The van der Waals surface area contributed by atoms with E-state index in [1.54, 1.807) is 41.0 Å². The molecule has 0 fully saturated rings. The molecule has 0 bridgehead atoms. The number of amides is 1. The molecule has 1 amide bonds. The van der Waals surface area contributed by atoms with Gasteiger partial charge in [0.2, 0.25) is 0 Å². The summed E-state index contributed by atoms with van der Waals surface area (Å²) in [5, 5.41) is 0.828. The highest BCUT2D eigenvalue weighted by Gasteiger charge is 2.19. The lowest BCUT2D eigenvalue weighted by atomic mass is 10.2. The van der Waals surface area contributed by atoms with Crippen molar-refractivity contribution in [2.24, 2.45) is 4.99 Å². The fourth-order valence-electron chi connectivity index (χ4n) is 3.28. The summed E-state index contributed by atoms with van der Waals surface area (Å²) in [6.45, 7) is 2.00. The van der Waals surface area contributed by atoms with Gasteiger partial charge in [0.25, 0.3) is 15.9 Å². The maximum Gasteiger partial charge on any atom is 0.281 e. The molecule has 4 aromatic rings. The SMILES string of the molecule is C#CCn1c(=NC(=O)c2ccccc2NS(=O)(=O)c2ccc(C)cc2)sc2cc(Cl)cc(Cl)c21. The number of rotatable bonds is 5. The summed E-state index contributed by atoms with van der Waals surface area (Å²) in [5.74, 6) is 1.90. The molecule has 0 atom stereocenters. The number of anilines is 1. The third kappa shape index (κ3) is 4.88. The minimum absolute atomic E-state index is 0.0835. The molecule has 0 spiro atoms. The van der Waals surface area contributed by atoms with Crippen LogP contribution in [0.5, 0.6) is 0 Å². The summed E-state index contributed by atoms with van der Waals surface area (Å²) < 4.78 is 30.6. The van der Waals surface area contributed by atoms with Crippen LogP contribution in [0.15, 0.2) is 70.6 Å². The molecule has 3 aromatic carbocycles. The van der Waals surface area contributed by atoms with Gasteiger partial charge >= 0.3 is 0 Å². The molecule has 172 valence electrons. The number of benzene rings is 3. The highest BCUT2D eigenvalue weighted by molar-refractivity contribution is 7.92. The molecule has 4 rings (SSSR count). The number of carbonyl (C=O) groups excluding carboxylic acids is 1. The van der Waals surface area contributed by atoms with E-state index in [0.717, 1.165) is 5.56 Å². The number of fused-ring (bicyclic) bond motifs is 1. The molecule has 10 heteroatoms. The third-order valence-corrected chi connectivity index (χ3v) is 7.79. The van der Waals surface area contributed by atoms with E-state index in [2.05, 4.69) is 15.6 Å². The van der Waals surface area contributed by atoms with Crippen molar-refractivity contribution < 1.29 is 13.2 Å². The van der Waals surface area contributed by atoms with Gasteiger partial charge in [-0.25, -0.2) is 8.42 Å². The normalized spacial score (nSPS) is 12.0. The van der Waals surface area contributed by atoms with Gasteiger partial charge in [-0.05, 0) is 43.3 Å². The van der Waals surface area contributed by atoms with Gasteiger partial charge in [0.1, 0.15) is 0 Å². The number of halogens is 2. The third-order valence-electron chi connectivity index (χ3n) is 4.87. The first-order valence-corrected chi connectivity index (χ1v) is 12.9. The number of sulfonamides is 1. The van der Waals surface area contributed by atoms with Crippen LogP contribution in [0.1, 0.15) is 15.9 Å². The number of hydrogen-bond acceptors (Lipinski definition) is 4. The largest absolute Gasteiger partial charge is 0.303 e. The molecule has 0 radical (unpaired) electrons. The standard InChI is InChI=1S/C24H17Cl2N3O3S2/c1-3-12-29-22-19(26)13-16(25)14-21(22)33-24(29)27-23(30)18-6-4-5-7-20(18)28-34(31,32)17-10-8-15(2)9-11-17/h1,4-11,13-14,28H,12H2,2H3. The van der Waals surface area contributed by atoms with Crippen molar-refractivity contribution in [2.45, 2.75) is 18.4 Å². The number of nitrogens with one attached hydrogen (secondary N) is 1. The first-order valence-electron chi connectivity index (χ1n) is 9.89. The molecule has 0 aliphatic rings. The van der Waals surface area contributed by atoms with Crippen LogP contribution in [0.25, 0.3) is 10.2 Å². The Hall–Kier alpha value is -3.09. The van der Waals surface area contributed by atoms with Crippen molar-refractivity contribution in [2.75, 3.05) is 4.72 Å². The van der Waals surface area contributed by atoms with Gasteiger partial charge < -0.3 is 4.57 Å². The molecule has 34 heavy (non-hydrogen) atoms. The molecule has 1 N–H and O–H groups in total. The van der Waals surface area contributed by atoms with E-state index in [1.165, 1.54) is 35.6 Å². The molecular weight excluding hydrogens is 513 g/mol. The van der Waals surface area contributed by atoms with Crippen molar-refractivity contribution in [3.05, 3.63) is 86.6 Å². The molecule has 1 heterocycles. The molecule has 1 aromatic heterocycles. The number of aromatic nitrogens is 1. The Balaban J connectivity index is 1.78. The van der Waals surface area contributed by atoms with Gasteiger partial charge in [-0.1, -0.05) is 70.3 Å². The smallest absolute Gasteiger partial charge is 0.281 e. The van der Waals surface area contributed by atoms with Crippen molar-refractivity contribution in [3.63, 3.8) is 0 Å². The van der Waals surface area contributed by atoms with Crippen LogP contribution >= 0.6 is 34.5 Å². The van der Waals surface area contributed by atoms with E-state index in [1.807, 2.05) is 6.92 Å². The van der Waals surface area contributed by atoms with Crippen molar-refractivity contribution >= 4 is 66.4 Å². The second-order valence-electron chi connectivity index (χ2n) is 7.29. The van der Waals surface area contributed by atoms with Crippen LogP contribution in [0.3, 0.4) is 0 Å². The summed E-state index contributed by atoms with van der Waals surface area (Å²) in [5.41, 5.74) is 1.75. The second-order valence-corrected chi connectivity index (χ2v) is 10.8. The average molecular weight is 530 g/mol. The van der Waals surface area contributed by atoms with Crippen LogP contribution < -0.4 is 9.52 Å². The number of aryl methyl sites for hydroxylation is 1. The Morgan fingerprint density at radius 1 is 1.15 bits per heavy atom. The number of thiazole rings is 1. The maximum absolute atomic E-state index is 13.2. The lowest BCUT2D eigenvalue weighted by Crippen LogP contribution is -2.18. The molecular formula is C24H17Cl2N3O3S2. The maximum atomic E-state index is 13.2. The number of hydrogen-bond donors (Lipinski definition) is 1. The van der Waals surface area contributed by atoms with Gasteiger partial charge in [0.05, 0.1) is 37.9 Å². The zero-order chi connectivity index (χ0) is 24.5. The Morgan fingerprint density at radius 3 is 2.56 bits per heavy atom. The number of para-hydroxylation sites is 1. The highest BCUT2D eigenvalue weighted by atomic mass is 35.5. The van der Waals surface area contributed by atoms with Crippen LogP contribution in [-0.2, 0) is 16.6 Å². The highest BCUT2D eigenvalue weighted by Crippen LogP contribution is 2.30. The predicted molar refractivity (Wildman–Crippen MR) is 137 cm³/mol. The quantitative estimate of drug-likeness (QED) is 0.347. The zero-order valence-electron chi connectivity index (χ0n) is 17.7. The minimum atomic E-state index is -3.91. The summed E-state index contributed by atoms with van der Waals surface area (Å²) in [6.07, 6.45) is 5.52. The van der Waals surface area contributed by atoms with Gasteiger partial charge in [0, 0.05) is 5.02 Å². The molecule has 0 saturated heterocycles. The Kier molecular flexibility index (Phi) is 6.82. The topological polar surface area (TPSA) is 80.5 Å². The summed E-state index contributed by atoms with van der Waals surface area (Å²) in [6, 6.07) is 16.0. The lowest BCUT2D eigenvalue weighted by molar-refractivity contribution is 0.0998.